The number of thiophene rings is 1. The molecule has 0 aliphatic heterocycles. The Morgan fingerprint density at radius 1 is 1.28 bits per heavy atom. The quantitative estimate of drug-likeness (QED) is 0.857. The fourth-order valence-corrected chi connectivity index (χ4v) is 2.69. The van der Waals surface area contributed by atoms with E-state index in [9.17, 15) is 4.79 Å². The smallest absolute Gasteiger partial charge is 0.261 e. The van der Waals surface area contributed by atoms with Crippen LogP contribution in [-0.4, -0.2) is 12.2 Å². The molecule has 0 aliphatic rings. The summed E-state index contributed by atoms with van der Waals surface area (Å²) in [5.41, 5.74) is 1.12. The van der Waals surface area contributed by atoms with Crippen LogP contribution in [0, 0.1) is 0 Å². The Morgan fingerprint density at radius 3 is 2.56 bits per heavy atom. The predicted octanol–water partition coefficient (Wildman–Crippen LogP) is 3.96. The second kappa shape index (κ2) is 6.07. The maximum absolute atomic E-state index is 11.9. The third-order valence-electron chi connectivity index (χ3n) is 2.71. The van der Waals surface area contributed by atoms with Gasteiger partial charge in [-0.1, -0.05) is 18.2 Å². The zero-order valence-corrected chi connectivity index (χ0v) is 12.0. The van der Waals surface area contributed by atoms with Gasteiger partial charge in [-0.15, -0.1) is 23.1 Å². The molecule has 0 radical (unpaired) electrons. The molecular formula is C14H15NOS2. The van der Waals surface area contributed by atoms with Crippen LogP contribution in [-0.2, 0) is 0 Å². The Kier molecular flexibility index (Phi) is 4.44. The van der Waals surface area contributed by atoms with Crippen LogP contribution in [0.3, 0.4) is 0 Å². The number of amides is 1. The van der Waals surface area contributed by atoms with E-state index >= 15 is 0 Å². The van der Waals surface area contributed by atoms with Gasteiger partial charge in [0.2, 0.25) is 0 Å². The lowest BCUT2D eigenvalue weighted by molar-refractivity contribution is 0.0944. The van der Waals surface area contributed by atoms with Gasteiger partial charge in [0, 0.05) is 4.90 Å². The summed E-state index contributed by atoms with van der Waals surface area (Å²) in [6, 6.07) is 12.0. The van der Waals surface area contributed by atoms with Crippen molar-refractivity contribution in [3.8, 4) is 0 Å². The summed E-state index contributed by atoms with van der Waals surface area (Å²) in [7, 11) is 0. The Morgan fingerprint density at radius 2 is 2.00 bits per heavy atom. The maximum atomic E-state index is 11.9. The van der Waals surface area contributed by atoms with Crippen LogP contribution in [0.4, 0.5) is 0 Å². The zero-order chi connectivity index (χ0) is 13.0. The molecule has 2 aromatic rings. The minimum Gasteiger partial charge on any atom is -0.345 e. The Bertz CT molecular complexity index is 505. The van der Waals surface area contributed by atoms with Crippen molar-refractivity contribution < 1.29 is 4.79 Å². The van der Waals surface area contributed by atoms with Gasteiger partial charge in [-0.05, 0) is 42.3 Å². The van der Waals surface area contributed by atoms with E-state index in [0.29, 0.717) is 0 Å². The second-order valence-corrected chi connectivity index (χ2v) is 5.77. The SMILES string of the molecule is CSc1ccc(C(C)NC(=O)c2cccs2)cc1. The lowest BCUT2D eigenvalue weighted by Crippen LogP contribution is -2.25. The monoisotopic (exact) mass is 277 g/mol. The van der Waals surface area contributed by atoms with Crippen LogP contribution in [0.15, 0.2) is 46.7 Å². The number of carbonyl (C=O) groups is 1. The third-order valence-corrected chi connectivity index (χ3v) is 4.32. The molecule has 2 rings (SSSR count). The van der Waals surface area contributed by atoms with Crippen LogP contribution in [0.2, 0.25) is 0 Å². The molecule has 1 heterocycles. The molecule has 18 heavy (non-hydrogen) atoms. The first-order valence-electron chi connectivity index (χ1n) is 5.69. The number of rotatable bonds is 4. The maximum Gasteiger partial charge on any atom is 0.261 e. The van der Waals surface area contributed by atoms with Crippen molar-refractivity contribution in [2.75, 3.05) is 6.26 Å². The molecule has 0 saturated heterocycles. The molecule has 1 aromatic heterocycles. The van der Waals surface area contributed by atoms with Gasteiger partial charge >= 0.3 is 0 Å². The van der Waals surface area contributed by atoms with Gasteiger partial charge in [0.15, 0.2) is 0 Å². The average Bonchev–Trinajstić information content (AvgIpc) is 2.92. The van der Waals surface area contributed by atoms with Gasteiger partial charge < -0.3 is 5.32 Å². The van der Waals surface area contributed by atoms with Gasteiger partial charge in [-0.3, -0.25) is 4.79 Å². The molecule has 1 unspecified atom stereocenters. The highest BCUT2D eigenvalue weighted by atomic mass is 32.2. The topological polar surface area (TPSA) is 29.1 Å². The summed E-state index contributed by atoms with van der Waals surface area (Å²) in [5.74, 6) is -0.00792. The van der Waals surface area contributed by atoms with Gasteiger partial charge in [-0.2, -0.15) is 0 Å². The Labute approximate surface area is 115 Å². The molecule has 4 heteroatoms. The van der Waals surface area contributed by atoms with Crippen molar-refractivity contribution in [2.45, 2.75) is 17.9 Å². The highest BCUT2D eigenvalue weighted by molar-refractivity contribution is 7.98. The van der Waals surface area contributed by atoms with Crippen LogP contribution < -0.4 is 5.32 Å². The molecule has 2 nitrogen and oxygen atoms in total. The van der Waals surface area contributed by atoms with Gasteiger partial charge in [-0.25, -0.2) is 0 Å². The fourth-order valence-electron chi connectivity index (χ4n) is 1.65. The fraction of sp³-hybridized carbons (Fsp3) is 0.214. The summed E-state index contributed by atoms with van der Waals surface area (Å²) in [4.78, 5) is 13.9. The van der Waals surface area contributed by atoms with E-state index in [-0.39, 0.29) is 11.9 Å². The lowest BCUT2D eigenvalue weighted by Gasteiger charge is -2.14. The van der Waals surface area contributed by atoms with E-state index in [1.54, 1.807) is 11.8 Å². The average molecular weight is 277 g/mol. The van der Waals surface area contributed by atoms with Crippen LogP contribution in [0.5, 0.6) is 0 Å². The normalized spacial score (nSPS) is 12.1. The molecule has 0 spiro atoms. The molecule has 1 amide bonds. The van der Waals surface area contributed by atoms with Crippen LogP contribution in [0.25, 0.3) is 0 Å². The minimum absolute atomic E-state index is 0.00792. The summed E-state index contributed by atoms with van der Waals surface area (Å²) < 4.78 is 0. The molecule has 0 bridgehead atoms. The first-order chi connectivity index (χ1) is 8.70. The zero-order valence-electron chi connectivity index (χ0n) is 10.3. The molecule has 1 atom stereocenters. The van der Waals surface area contributed by atoms with Crippen molar-refractivity contribution in [1.82, 2.24) is 5.32 Å². The molecular weight excluding hydrogens is 262 g/mol. The highest BCUT2D eigenvalue weighted by Crippen LogP contribution is 2.19. The van der Waals surface area contributed by atoms with E-state index < -0.39 is 0 Å². The van der Waals surface area contributed by atoms with E-state index in [1.165, 1.54) is 16.2 Å². The lowest BCUT2D eigenvalue weighted by atomic mass is 10.1. The molecule has 0 saturated carbocycles. The minimum atomic E-state index is -0.00792. The van der Waals surface area contributed by atoms with E-state index in [2.05, 4.69) is 35.8 Å². The third kappa shape index (κ3) is 3.15. The van der Waals surface area contributed by atoms with Crippen molar-refractivity contribution in [2.24, 2.45) is 0 Å². The number of hydrogen-bond donors (Lipinski definition) is 1. The number of benzene rings is 1. The van der Waals surface area contributed by atoms with E-state index in [1.807, 2.05) is 24.4 Å². The molecule has 0 aliphatic carbocycles. The first-order valence-corrected chi connectivity index (χ1v) is 7.79. The summed E-state index contributed by atoms with van der Waals surface area (Å²) in [6.45, 7) is 2.00. The largest absolute Gasteiger partial charge is 0.345 e. The van der Waals surface area contributed by atoms with E-state index in [4.69, 9.17) is 0 Å². The number of hydrogen-bond acceptors (Lipinski definition) is 3. The van der Waals surface area contributed by atoms with Gasteiger partial charge in [0.05, 0.1) is 10.9 Å². The number of nitrogens with one attached hydrogen (secondary N) is 1. The first kappa shape index (κ1) is 13.2. The van der Waals surface area contributed by atoms with Gasteiger partial charge in [0.25, 0.3) is 5.91 Å². The van der Waals surface area contributed by atoms with Crippen molar-refractivity contribution in [3.05, 3.63) is 52.2 Å². The van der Waals surface area contributed by atoms with E-state index in [0.717, 1.165) is 10.4 Å². The molecule has 1 aromatic carbocycles. The van der Waals surface area contributed by atoms with Crippen molar-refractivity contribution in [1.29, 1.82) is 0 Å². The van der Waals surface area contributed by atoms with Gasteiger partial charge in [0.1, 0.15) is 0 Å². The summed E-state index contributed by atoms with van der Waals surface area (Å²) >= 11 is 3.17. The predicted molar refractivity (Wildman–Crippen MR) is 78.4 cm³/mol. The Balaban J connectivity index is 2.02. The molecule has 1 N–H and O–H groups in total. The summed E-state index contributed by atoms with van der Waals surface area (Å²) in [6.07, 6.45) is 2.05. The van der Waals surface area contributed by atoms with Crippen molar-refractivity contribution >= 4 is 29.0 Å². The standard InChI is InChI=1S/C14H15NOS2/c1-10(11-5-7-12(17-2)8-6-11)15-14(16)13-4-3-9-18-13/h3-10H,1-2H3,(H,15,16). The number of thioether (sulfide) groups is 1. The summed E-state index contributed by atoms with van der Waals surface area (Å²) in [5, 5.41) is 4.91. The van der Waals surface area contributed by atoms with Crippen molar-refractivity contribution in [3.63, 3.8) is 0 Å². The second-order valence-electron chi connectivity index (χ2n) is 3.95. The number of carbonyl (C=O) groups excluding carboxylic acids is 1. The van der Waals surface area contributed by atoms with Crippen LogP contribution >= 0.6 is 23.1 Å². The molecule has 0 fully saturated rings. The van der Waals surface area contributed by atoms with Crippen LogP contribution in [0.1, 0.15) is 28.2 Å². The molecule has 94 valence electrons. The Hall–Kier alpha value is -1.26. The highest BCUT2D eigenvalue weighted by Gasteiger charge is 2.11.